The molecule has 0 aliphatic heterocycles. The molecule has 0 rings (SSSR count). The normalized spacial score (nSPS) is 14.1. The predicted molar refractivity (Wildman–Crippen MR) is 77.3 cm³/mol. The average molecular weight is 248 g/mol. The molecule has 0 bridgehead atoms. The van der Waals surface area contributed by atoms with Gasteiger partial charge in [0.2, 0.25) is 0 Å². The summed E-state index contributed by atoms with van der Waals surface area (Å²) >= 11 is 0. The van der Waals surface area contributed by atoms with Gasteiger partial charge in [-0.3, -0.25) is 0 Å². The van der Waals surface area contributed by atoms with Crippen molar-refractivity contribution < 1.29 is 9.53 Å². The van der Waals surface area contributed by atoms with Gasteiger partial charge in [-0.1, -0.05) is 42.9 Å². The standard InChI is InChI=1S/C16H24O2/c1-5-10-14(2)11-8-6-7-9-12-15(3)13-16(17)18-4/h5-8,11,13-14H,1,9-10,12H2,2-4H3/t14-/m0/s1. The molecule has 0 aliphatic carbocycles. The summed E-state index contributed by atoms with van der Waals surface area (Å²) in [4.78, 5) is 11.0. The highest BCUT2D eigenvalue weighted by Gasteiger charge is 1.95. The van der Waals surface area contributed by atoms with Crippen molar-refractivity contribution in [2.45, 2.75) is 33.1 Å². The smallest absolute Gasteiger partial charge is 0.330 e. The third-order valence-corrected chi connectivity index (χ3v) is 2.50. The largest absolute Gasteiger partial charge is 0.466 e. The lowest BCUT2D eigenvalue weighted by atomic mass is 10.1. The molecule has 0 aromatic carbocycles. The molecule has 0 fully saturated rings. The number of hydrogen-bond acceptors (Lipinski definition) is 2. The molecule has 0 heterocycles. The van der Waals surface area contributed by atoms with Gasteiger partial charge in [0, 0.05) is 6.08 Å². The molecule has 0 spiro atoms. The maximum Gasteiger partial charge on any atom is 0.330 e. The third-order valence-electron chi connectivity index (χ3n) is 2.50. The highest BCUT2D eigenvalue weighted by atomic mass is 16.5. The number of methoxy groups -OCH3 is 1. The summed E-state index contributed by atoms with van der Waals surface area (Å²) in [6.45, 7) is 7.81. The zero-order valence-electron chi connectivity index (χ0n) is 11.7. The summed E-state index contributed by atoms with van der Waals surface area (Å²) in [6, 6.07) is 0. The third kappa shape index (κ3) is 9.64. The molecule has 0 saturated carbocycles. The van der Waals surface area contributed by atoms with Crippen molar-refractivity contribution in [1.82, 2.24) is 0 Å². The van der Waals surface area contributed by atoms with Gasteiger partial charge in [0.1, 0.15) is 0 Å². The zero-order chi connectivity index (χ0) is 13.8. The fourth-order valence-electron chi connectivity index (χ4n) is 1.41. The van der Waals surface area contributed by atoms with E-state index in [1.54, 1.807) is 0 Å². The van der Waals surface area contributed by atoms with Gasteiger partial charge in [-0.05, 0) is 32.1 Å². The van der Waals surface area contributed by atoms with Crippen molar-refractivity contribution in [2.24, 2.45) is 5.92 Å². The van der Waals surface area contributed by atoms with Crippen LogP contribution >= 0.6 is 0 Å². The topological polar surface area (TPSA) is 26.3 Å². The van der Waals surface area contributed by atoms with Gasteiger partial charge in [0.25, 0.3) is 0 Å². The molecular formula is C16H24O2. The first kappa shape index (κ1) is 16.4. The minimum atomic E-state index is -0.283. The summed E-state index contributed by atoms with van der Waals surface area (Å²) in [6.07, 6.45) is 14.7. The quantitative estimate of drug-likeness (QED) is 0.278. The van der Waals surface area contributed by atoms with E-state index in [2.05, 4.69) is 36.5 Å². The van der Waals surface area contributed by atoms with Crippen molar-refractivity contribution in [1.29, 1.82) is 0 Å². The first-order valence-corrected chi connectivity index (χ1v) is 6.29. The number of hydrogen-bond donors (Lipinski definition) is 0. The molecule has 0 saturated heterocycles. The monoisotopic (exact) mass is 248 g/mol. The van der Waals surface area contributed by atoms with Crippen LogP contribution in [0, 0.1) is 5.92 Å². The molecule has 1 atom stereocenters. The Morgan fingerprint density at radius 2 is 2.11 bits per heavy atom. The van der Waals surface area contributed by atoms with E-state index in [0.29, 0.717) is 5.92 Å². The fraction of sp³-hybridized carbons (Fsp3) is 0.438. The average Bonchev–Trinajstić information content (AvgIpc) is 2.33. The Balaban J connectivity index is 3.87. The SMILES string of the molecule is C=CC[C@H](C)C=CC=CCCC(C)=CC(=O)OC. The number of allylic oxidation sites excluding steroid dienone is 6. The van der Waals surface area contributed by atoms with Crippen molar-refractivity contribution in [3.63, 3.8) is 0 Å². The van der Waals surface area contributed by atoms with Crippen LogP contribution in [0.4, 0.5) is 0 Å². The fourth-order valence-corrected chi connectivity index (χ4v) is 1.41. The summed E-state index contributed by atoms with van der Waals surface area (Å²) in [5, 5.41) is 0. The van der Waals surface area contributed by atoms with E-state index in [1.807, 2.05) is 19.1 Å². The molecule has 0 aromatic heterocycles. The lowest BCUT2D eigenvalue weighted by molar-refractivity contribution is -0.134. The molecule has 18 heavy (non-hydrogen) atoms. The maximum atomic E-state index is 11.0. The lowest BCUT2D eigenvalue weighted by Gasteiger charge is -1.98. The Labute approximate surface area is 111 Å². The molecule has 0 aromatic rings. The van der Waals surface area contributed by atoms with Gasteiger partial charge >= 0.3 is 5.97 Å². The summed E-state index contributed by atoms with van der Waals surface area (Å²) < 4.78 is 4.56. The van der Waals surface area contributed by atoms with Crippen LogP contribution in [0.2, 0.25) is 0 Å². The van der Waals surface area contributed by atoms with E-state index < -0.39 is 0 Å². The van der Waals surface area contributed by atoms with Gasteiger partial charge in [-0.25, -0.2) is 4.79 Å². The summed E-state index contributed by atoms with van der Waals surface area (Å²) in [5.74, 6) is 0.253. The number of carbonyl (C=O) groups excluding carboxylic acids is 1. The van der Waals surface area contributed by atoms with Crippen LogP contribution in [0.25, 0.3) is 0 Å². The van der Waals surface area contributed by atoms with Crippen molar-refractivity contribution in [2.75, 3.05) is 7.11 Å². The summed E-state index contributed by atoms with van der Waals surface area (Å²) in [7, 11) is 1.39. The number of rotatable bonds is 8. The van der Waals surface area contributed by atoms with Crippen LogP contribution in [0.15, 0.2) is 48.6 Å². The van der Waals surface area contributed by atoms with Gasteiger partial charge in [-0.2, -0.15) is 0 Å². The van der Waals surface area contributed by atoms with E-state index in [9.17, 15) is 4.79 Å². The van der Waals surface area contributed by atoms with Crippen molar-refractivity contribution in [3.05, 3.63) is 48.6 Å². The second kappa shape index (κ2) is 10.6. The molecule has 100 valence electrons. The second-order valence-corrected chi connectivity index (χ2v) is 4.37. The lowest BCUT2D eigenvalue weighted by Crippen LogP contribution is -1.95. The second-order valence-electron chi connectivity index (χ2n) is 4.37. The van der Waals surface area contributed by atoms with Crippen LogP contribution in [0.3, 0.4) is 0 Å². The first-order chi connectivity index (χ1) is 8.60. The van der Waals surface area contributed by atoms with Crippen LogP contribution in [-0.4, -0.2) is 13.1 Å². The Bertz CT molecular complexity index is 335. The highest BCUT2D eigenvalue weighted by Crippen LogP contribution is 2.06. The molecule has 0 unspecified atom stereocenters. The Hall–Kier alpha value is -1.57. The van der Waals surface area contributed by atoms with Gasteiger partial charge in [0.05, 0.1) is 7.11 Å². The van der Waals surface area contributed by atoms with Gasteiger partial charge < -0.3 is 4.74 Å². The van der Waals surface area contributed by atoms with Crippen molar-refractivity contribution in [3.8, 4) is 0 Å². The predicted octanol–water partition coefficient (Wildman–Crippen LogP) is 4.21. The Kier molecular flexibility index (Phi) is 9.65. The first-order valence-electron chi connectivity index (χ1n) is 6.29. The number of ether oxygens (including phenoxy) is 1. The van der Waals surface area contributed by atoms with Gasteiger partial charge in [-0.15, -0.1) is 6.58 Å². The molecule has 2 nitrogen and oxygen atoms in total. The van der Waals surface area contributed by atoms with Crippen LogP contribution < -0.4 is 0 Å². The van der Waals surface area contributed by atoms with Crippen LogP contribution in [0.5, 0.6) is 0 Å². The molecular weight excluding hydrogens is 224 g/mol. The van der Waals surface area contributed by atoms with Gasteiger partial charge in [0.15, 0.2) is 0 Å². The van der Waals surface area contributed by atoms with Crippen LogP contribution in [0.1, 0.15) is 33.1 Å². The molecule has 2 heteroatoms. The zero-order valence-corrected chi connectivity index (χ0v) is 11.7. The van der Waals surface area contributed by atoms with E-state index in [-0.39, 0.29) is 5.97 Å². The molecule has 0 N–H and O–H groups in total. The van der Waals surface area contributed by atoms with E-state index in [1.165, 1.54) is 13.2 Å². The minimum absolute atomic E-state index is 0.283. The summed E-state index contributed by atoms with van der Waals surface area (Å²) in [5.41, 5.74) is 1.04. The molecule has 0 amide bonds. The van der Waals surface area contributed by atoms with E-state index in [0.717, 1.165) is 24.8 Å². The molecule has 0 radical (unpaired) electrons. The van der Waals surface area contributed by atoms with E-state index in [4.69, 9.17) is 0 Å². The Morgan fingerprint density at radius 3 is 2.72 bits per heavy atom. The maximum absolute atomic E-state index is 11.0. The Morgan fingerprint density at radius 1 is 1.39 bits per heavy atom. The highest BCUT2D eigenvalue weighted by molar-refractivity contribution is 5.82. The molecule has 0 aliphatic rings. The van der Waals surface area contributed by atoms with Crippen LogP contribution in [-0.2, 0) is 9.53 Å². The van der Waals surface area contributed by atoms with E-state index >= 15 is 0 Å². The minimum Gasteiger partial charge on any atom is -0.466 e. The van der Waals surface area contributed by atoms with Crippen molar-refractivity contribution >= 4 is 5.97 Å². The number of carbonyl (C=O) groups is 1. The number of esters is 1.